The van der Waals surface area contributed by atoms with Crippen molar-refractivity contribution in [2.75, 3.05) is 40.8 Å². The second-order valence-electron chi connectivity index (χ2n) is 3.39. The van der Waals surface area contributed by atoms with Crippen LogP contribution in [-0.2, 0) is 4.74 Å². The van der Waals surface area contributed by atoms with Crippen LogP contribution >= 0.6 is 0 Å². The molecule has 2 atom stereocenters. The summed E-state index contributed by atoms with van der Waals surface area (Å²) in [5.74, 6) is 0.606. The van der Waals surface area contributed by atoms with E-state index < -0.39 is 0 Å². The zero-order chi connectivity index (χ0) is 8.27. The largest absolute Gasteiger partial charge is 0.380 e. The molecule has 0 aromatic rings. The molecule has 1 rings (SSSR count). The first-order valence-electron chi connectivity index (χ1n) is 4.05. The van der Waals surface area contributed by atoms with Gasteiger partial charge in [0.05, 0.1) is 6.10 Å². The highest BCUT2D eigenvalue weighted by Gasteiger charge is 2.27. The molecule has 1 saturated heterocycles. The van der Waals surface area contributed by atoms with E-state index in [2.05, 4.69) is 24.3 Å². The van der Waals surface area contributed by atoms with Crippen molar-refractivity contribution in [1.82, 2.24) is 10.2 Å². The minimum atomic E-state index is 0.359. The number of ether oxygens (including phenoxy) is 1. The molecule has 2 unspecified atom stereocenters. The molecule has 3 nitrogen and oxygen atoms in total. The van der Waals surface area contributed by atoms with Gasteiger partial charge in [0.25, 0.3) is 0 Å². The quantitative estimate of drug-likeness (QED) is 0.567. The molecule has 11 heavy (non-hydrogen) atoms. The van der Waals surface area contributed by atoms with E-state index in [1.54, 1.807) is 7.11 Å². The molecule has 1 radical (unpaired) electrons. The summed E-state index contributed by atoms with van der Waals surface area (Å²) in [7, 11) is 5.95. The second-order valence-corrected chi connectivity index (χ2v) is 3.39. The Morgan fingerprint density at radius 3 is 2.73 bits per heavy atom. The van der Waals surface area contributed by atoms with Gasteiger partial charge in [0.2, 0.25) is 0 Å². The number of nitrogens with zero attached hydrogens (tertiary/aromatic N) is 2. The van der Waals surface area contributed by atoms with E-state index >= 15 is 0 Å². The smallest absolute Gasteiger partial charge is 0.0765 e. The third kappa shape index (κ3) is 2.43. The fourth-order valence-electron chi connectivity index (χ4n) is 1.55. The predicted octanol–water partition coefficient (Wildman–Crippen LogP) is -0.203. The fourth-order valence-corrected chi connectivity index (χ4v) is 1.55. The molecule has 0 spiro atoms. The Balaban J connectivity index is 2.31. The molecule has 0 aromatic carbocycles. The Hall–Kier alpha value is -0.120. The van der Waals surface area contributed by atoms with Crippen LogP contribution in [0.2, 0.25) is 0 Å². The van der Waals surface area contributed by atoms with E-state index in [1.165, 1.54) is 0 Å². The summed E-state index contributed by atoms with van der Waals surface area (Å²) in [5, 5.41) is 4.32. The van der Waals surface area contributed by atoms with Crippen molar-refractivity contribution in [2.45, 2.75) is 6.10 Å². The lowest BCUT2D eigenvalue weighted by Gasteiger charge is -2.20. The van der Waals surface area contributed by atoms with Gasteiger partial charge in [-0.05, 0) is 14.1 Å². The van der Waals surface area contributed by atoms with E-state index in [0.717, 1.165) is 19.6 Å². The van der Waals surface area contributed by atoms with Crippen LogP contribution in [0.1, 0.15) is 0 Å². The predicted molar refractivity (Wildman–Crippen MR) is 44.7 cm³/mol. The summed E-state index contributed by atoms with van der Waals surface area (Å²) in [6, 6.07) is 0. The van der Waals surface area contributed by atoms with Crippen molar-refractivity contribution in [2.24, 2.45) is 5.92 Å². The molecule has 1 heterocycles. The first-order valence-corrected chi connectivity index (χ1v) is 4.05. The van der Waals surface area contributed by atoms with Crippen molar-refractivity contribution in [3.63, 3.8) is 0 Å². The van der Waals surface area contributed by atoms with Crippen LogP contribution in [-0.4, -0.2) is 51.8 Å². The van der Waals surface area contributed by atoms with Crippen LogP contribution in [0.5, 0.6) is 0 Å². The Morgan fingerprint density at radius 2 is 2.18 bits per heavy atom. The number of hydrogen-bond donors (Lipinski definition) is 0. The van der Waals surface area contributed by atoms with Gasteiger partial charge in [-0.1, -0.05) is 0 Å². The highest BCUT2D eigenvalue weighted by Crippen LogP contribution is 2.13. The molecule has 0 bridgehead atoms. The molecule has 65 valence electrons. The van der Waals surface area contributed by atoms with E-state index in [0.29, 0.717) is 12.0 Å². The van der Waals surface area contributed by atoms with Crippen LogP contribution in [0.4, 0.5) is 0 Å². The van der Waals surface area contributed by atoms with Gasteiger partial charge in [-0.15, -0.1) is 0 Å². The van der Waals surface area contributed by atoms with Gasteiger partial charge in [-0.2, -0.15) is 0 Å². The van der Waals surface area contributed by atoms with Gasteiger partial charge < -0.3 is 9.64 Å². The van der Waals surface area contributed by atoms with Crippen molar-refractivity contribution >= 4 is 0 Å². The fraction of sp³-hybridized carbons (Fsp3) is 1.00. The Morgan fingerprint density at radius 1 is 1.45 bits per heavy atom. The van der Waals surface area contributed by atoms with Crippen LogP contribution in [0.25, 0.3) is 0 Å². The van der Waals surface area contributed by atoms with E-state index in [9.17, 15) is 0 Å². The zero-order valence-electron chi connectivity index (χ0n) is 7.58. The monoisotopic (exact) mass is 157 g/mol. The summed E-state index contributed by atoms with van der Waals surface area (Å²) in [4.78, 5) is 2.19. The normalized spacial score (nSPS) is 31.6. The maximum absolute atomic E-state index is 5.30. The zero-order valence-corrected chi connectivity index (χ0v) is 7.58. The van der Waals surface area contributed by atoms with Crippen LogP contribution in [0, 0.1) is 5.92 Å². The highest BCUT2D eigenvalue weighted by atomic mass is 16.5. The van der Waals surface area contributed by atoms with Gasteiger partial charge in [-0.3, -0.25) is 0 Å². The lowest BCUT2D eigenvalue weighted by molar-refractivity contribution is 0.0728. The molecule has 0 aliphatic carbocycles. The number of rotatable bonds is 3. The first-order chi connectivity index (χ1) is 5.24. The van der Waals surface area contributed by atoms with E-state index in [1.807, 2.05) is 0 Å². The molecule has 1 fully saturated rings. The van der Waals surface area contributed by atoms with Crippen molar-refractivity contribution in [3.05, 3.63) is 0 Å². The minimum Gasteiger partial charge on any atom is -0.380 e. The first kappa shape index (κ1) is 8.97. The molecule has 1 aliphatic heterocycles. The summed E-state index contributed by atoms with van der Waals surface area (Å²) in [6.07, 6.45) is 0.359. The molecular weight excluding hydrogens is 140 g/mol. The third-order valence-corrected chi connectivity index (χ3v) is 2.10. The lowest BCUT2D eigenvalue weighted by atomic mass is 10.1. The van der Waals surface area contributed by atoms with Gasteiger partial charge in [-0.25, -0.2) is 5.32 Å². The minimum absolute atomic E-state index is 0.359. The summed E-state index contributed by atoms with van der Waals surface area (Å²) in [6.45, 7) is 2.94. The molecule has 3 heteroatoms. The molecule has 0 aromatic heterocycles. The van der Waals surface area contributed by atoms with Crippen LogP contribution in [0.15, 0.2) is 0 Å². The van der Waals surface area contributed by atoms with Gasteiger partial charge >= 0.3 is 0 Å². The molecular formula is C8H17N2O. The van der Waals surface area contributed by atoms with E-state index in [-0.39, 0.29) is 0 Å². The maximum atomic E-state index is 5.30. The Kier molecular flexibility index (Phi) is 3.30. The number of hydrogen-bond acceptors (Lipinski definition) is 2. The average Bonchev–Trinajstić information content (AvgIpc) is 2.34. The molecule has 0 amide bonds. The lowest BCUT2D eigenvalue weighted by Crippen LogP contribution is -2.30. The average molecular weight is 157 g/mol. The Bertz CT molecular complexity index is 117. The van der Waals surface area contributed by atoms with Gasteiger partial charge in [0, 0.05) is 32.7 Å². The van der Waals surface area contributed by atoms with Crippen molar-refractivity contribution < 1.29 is 4.74 Å². The molecule has 0 saturated carbocycles. The van der Waals surface area contributed by atoms with Gasteiger partial charge in [0.15, 0.2) is 0 Å². The third-order valence-electron chi connectivity index (χ3n) is 2.10. The standard InChI is InChI=1S/C8H17N2O/c1-10(2)6-7-4-9-5-8(7)11-3/h7-8H,4-6H2,1-3H3. The topological polar surface area (TPSA) is 26.6 Å². The van der Waals surface area contributed by atoms with Gasteiger partial charge in [0.1, 0.15) is 0 Å². The van der Waals surface area contributed by atoms with E-state index in [4.69, 9.17) is 4.74 Å². The van der Waals surface area contributed by atoms with Crippen molar-refractivity contribution in [1.29, 1.82) is 0 Å². The maximum Gasteiger partial charge on any atom is 0.0765 e. The molecule has 0 N–H and O–H groups in total. The summed E-state index contributed by atoms with van der Waals surface area (Å²) in [5.41, 5.74) is 0. The van der Waals surface area contributed by atoms with Crippen LogP contribution < -0.4 is 5.32 Å². The SMILES string of the molecule is COC1C[N]CC1CN(C)C. The van der Waals surface area contributed by atoms with Crippen LogP contribution in [0.3, 0.4) is 0 Å². The Labute approximate surface area is 68.7 Å². The summed E-state index contributed by atoms with van der Waals surface area (Å²) < 4.78 is 5.30. The number of methoxy groups -OCH3 is 1. The molecule has 1 aliphatic rings. The van der Waals surface area contributed by atoms with Crippen molar-refractivity contribution in [3.8, 4) is 0 Å². The summed E-state index contributed by atoms with van der Waals surface area (Å²) >= 11 is 0. The highest BCUT2D eigenvalue weighted by molar-refractivity contribution is 4.82. The second kappa shape index (κ2) is 4.04.